The van der Waals surface area contributed by atoms with Crippen LogP contribution in [-0.2, 0) is 44.2 Å². The van der Waals surface area contributed by atoms with E-state index in [1.807, 2.05) is 0 Å². The van der Waals surface area contributed by atoms with Gasteiger partial charge >= 0.3 is 0 Å². The number of rotatable bonds is 1. The van der Waals surface area contributed by atoms with Crippen LogP contribution in [0.15, 0.2) is 12.7 Å². The van der Waals surface area contributed by atoms with Crippen LogP contribution in [0.5, 0.6) is 0 Å². The van der Waals surface area contributed by atoms with Crippen LogP contribution in [0.3, 0.4) is 0 Å². The third-order valence-corrected chi connectivity index (χ3v) is 0.185. The summed E-state index contributed by atoms with van der Waals surface area (Å²) in [5, 5.41) is 0. The summed E-state index contributed by atoms with van der Waals surface area (Å²) in [6.07, 6.45) is 0.944. The predicted molar refractivity (Wildman–Crippen MR) is 18.4 cm³/mol. The SMILES string of the molecule is [Ag].[C]C(=O)C=C.[Cu]. The van der Waals surface area contributed by atoms with Crippen molar-refractivity contribution in [3.63, 3.8) is 0 Å². The Balaban J connectivity index is -0.0000000800. The largest absolute Gasteiger partial charge is 0.294 e. The van der Waals surface area contributed by atoms with Crippen LogP contribution in [0.2, 0.25) is 0 Å². The Hall–Kier alpha value is 0.670. The van der Waals surface area contributed by atoms with Crippen molar-refractivity contribution < 1.29 is 44.2 Å². The molecule has 0 bridgehead atoms. The summed E-state index contributed by atoms with van der Waals surface area (Å²) >= 11 is 0. The Morgan fingerprint density at radius 3 is 1.86 bits per heavy atom. The molecule has 7 heavy (non-hydrogen) atoms. The molecule has 5 radical (unpaired) electrons. The number of hydrogen-bond donors (Lipinski definition) is 0. The van der Waals surface area contributed by atoms with Crippen molar-refractivity contribution in [3.05, 3.63) is 19.6 Å². The number of carbonyl (C=O) groups is 1. The molecule has 3 heteroatoms. The molecule has 0 aliphatic heterocycles. The average Bonchev–Trinajstić information content (AvgIpc) is 1.38. The molecule has 0 atom stereocenters. The third-order valence-electron chi connectivity index (χ3n) is 0.185. The van der Waals surface area contributed by atoms with Gasteiger partial charge in [-0.05, 0) is 6.08 Å². The standard InChI is InChI=1S/C4H3O.Ag.Cu/c1-3-4(2)5;;/h3H,1H2;;. The van der Waals surface area contributed by atoms with Gasteiger partial charge in [0.25, 0.3) is 0 Å². The topological polar surface area (TPSA) is 17.1 Å². The summed E-state index contributed by atoms with van der Waals surface area (Å²) < 4.78 is 0. The van der Waals surface area contributed by atoms with Gasteiger partial charge in [0.1, 0.15) is 0 Å². The molecule has 0 aromatic heterocycles. The first kappa shape index (κ1) is 15.6. The summed E-state index contributed by atoms with van der Waals surface area (Å²) in [4.78, 5) is 9.36. The molecule has 0 amide bonds. The minimum Gasteiger partial charge on any atom is -0.294 e. The summed E-state index contributed by atoms with van der Waals surface area (Å²) in [5.41, 5.74) is 0. The van der Waals surface area contributed by atoms with E-state index in [9.17, 15) is 4.79 Å². The van der Waals surface area contributed by atoms with Gasteiger partial charge < -0.3 is 0 Å². The van der Waals surface area contributed by atoms with Crippen molar-refractivity contribution in [2.75, 3.05) is 0 Å². The molecule has 0 aliphatic rings. The monoisotopic (exact) mass is 237 g/mol. The van der Waals surface area contributed by atoms with Gasteiger partial charge in [0.2, 0.25) is 0 Å². The van der Waals surface area contributed by atoms with Gasteiger partial charge in [0.05, 0.1) is 6.92 Å². The quantitative estimate of drug-likeness (QED) is 0.475. The molecule has 0 rings (SSSR count). The van der Waals surface area contributed by atoms with Crippen molar-refractivity contribution >= 4 is 5.78 Å². The fourth-order valence-corrected chi connectivity index (χ4v) is 0. The van der Waals surface area contributed by atoms with Crippen LogP contribution in [0.4, 0.5) is 0 Å². The van der Waals surface area contributed by atoms with Crippen LogP contribution in [-0.4, -0.2) is 5.78 Å². The minimum absolute atomic E-state index is 0. The molecule has 0 unspecified atom stereocenters. The number of carbonyl (C=O) groups excluding carboxylic acids is 1. The summed E-state index contributed by atoms with van der Waals surface area (Å²) in [6, 6.07) is 0. The Morgan fingerprint density at radius 2 is 1.86 bits per heavy atom. The van der Waals surface area contributed by atoms with E-state index >= 15 is 0 Å². The molecule has 0 aromatic carbocycles. The molecule has 0 aliphatic carbocycles. The van der Waals surface area contributed by atoms with Crippen molar-refractivity contribution in [2.24, 2.45) is 0 Å². The fourth-order valence-electron chi connectivity index (χ4n) is 0. The molecule has 1 nitrogen and oxygen atoms in total. The zero-order chi connectivity index (χ0) is 4.28. The number of allylic oxidation sites excluding steroid dienone is 1. The summed E-state index contributed by atoms with van der Waals surface area (Å²) in [7, 11) is 0. The van der Waals surface area contributed by atoms with E-state index in [2.05, 4.69) is 6.58 Å². The van der Waals surface area contributed by atoms with Crippen molar-refractivity contribution in [1.82, 2.24) is 0 Å². The van der Waals surface area contributed by atoms with E-state index in [0.29, 0.717) is 0 Å². The van der Waals surface area contributed by atoms with Gasteiger partial charge in [0, 0.05) is 39.4 Å². The molecule has 0 fully saturated rings. The second-order valence-corrected chi connectivity index (χ2v) is 0.568. The van der Waals surface area contributed by atoms with Gasteiger partial charge in [-0.1, -0.05) is 6.58 Å². The Morgan fingerprint density at radius 1 is 1.71 bits per heavy atom. The molecular formula is C4H3AgCuO. The fraction of sp³-hybridized carbons (Fsp3) is 0. The molecule has 0 N–H and O–H groups in total. The summed E-state index contributed by atoms with van der Waals surface area (Å²) in [6.45, 7) is 9.09. The molecular weight excluding hydrogens is 235 g/mol. The van der Waals surface area contributed by atoms with Gasteiger partial charge in [-0.3, -0.25) is 4.79 Å². The van der Waals surface area contributed by atoms with E-state index in [0.717, 1.165) is 6.08 Å². The van der Waals surface area contributed by atoms with Gasteiger partial charge in [0.15, 0.2) is 5.78 Å². The molecule has 0 saturated heterocycles. The van der Waals surface area contributed by atoms with E-state index in [1.165, 1.54) is 0 Å². The molecule has 0 aromatic rings. The zero-order valence-electron chi connectivity index (χ0n) is 3.30. The van der Waals surface area contributed by atoms with E-state index in [1.54, 1.807) is 0 Å². The number of ketones is 1. The maximum absolute atomic E-state index is 9.36. The maximum atomic E-state index is 9.36. The van der Waals surface area contributed by atoms with Gasteiger partial charge in [-0.2, -0.15) is 0 Å². The van der Waals surface area contributed by atoms with Crippen LogP contribution in [0.1, 0.15) is 0 Å². The average molecular weight is 238 g/mol. The second kappa shape index (κ2) is 9.83. The second-order valence-electron chi connectivity index (χ2n) is 0.568. The van der Waals surface area contributed by atoms with Crippen LogP contribution < -0.4 is 0 Å². The number of hydrogen-bond acceptors (Lipinski definition) is 1. The van der Waals surface area contributed by atoms with Crippen LogP contribution >= 0.6 is 0 Å². The van der Waals surface area contributed by atoms with Crippen molar-refractivity contribution in [2.45, 2.75) is 0 Å². The van der Waals surface area contributed by atoms with Crippen molar-refractivity contribution in [1.29, 1.82) is 0 Å². The summed E-state index contributed by atoms with van der Waals surface area (Å²) in [5.74, 6) is -0.731. The molecule has 0 saturated carbocycles. The van der Waals surface area contributed by atoms with Gasteiger partial charge in [-0.25, -0.2) is 0 Å². The first-order valence-electron chi connectivity index (χ1n) is 1.15. The Labute approximate surface area is 69.5 Å². The Kier molecular flexibility index (Phi) is 22.0. The normalized spacial score (nSPS) is 4.71. The predicted octanol–water partition coefficient (Wildman–Crippen LogP) is 0.325. The maximum Gasteiger partial charge on any atom is 0.164 e. The molecule has 47 valence electrons. The van der Waals surface area contributed by atoms with Crippen molar-refractivity contribution in [3.8, 4) is 0 Å². The third kappa shape index (κ3) is 20.4. The van der Waals surface area contributed by atoms with Crippen LogP contribution in [0, 0.1) is 6.92 Å². The van der Waals surface area contributed by atoms with E-state index in [4.69, 9.17) is 6.92 Å². The Bertz CT molecular complexity index is 62.7. The smallest absolute Gasteiger partial charge is 0.164 e. The minimum atomic E-state index is -0.731. The first-order chi connectivity index (χ1) is 2.27. The van der Waals surface area contributed by atoms with Gasteiger partial charge in [-0.15, -0.1) is 0 Å². The molecule has 0 heterocycles. The molecule has 0 spiro atoms. The first-order valence-corrected chi connectivity index (χ1v) is 1.15. The van der Waals surface area contributed by atoms with E-state index < -0.39 is 5.78 Å². The zero-order valence-corrected chi connectivity index (χ0v) is 5.72. The van der Waals surface area contributed by atoms with E-state index in [-0.39, 0.29) is 39.4 Å². The van der Waals surface area contributed by atoms with Crippen LogP contribution in [0.25, 0.3) is 0 Å².